The second-order valence-corrected chi connectivity index (χ2v) is 14.9. The molecule has 0 N–H and O–H groups in total. The van der Waals surface area contributed by atoms with Crippen molar-refractivity contribution in [1.29, 1.82) is 0 Å². The molecule has 0 saturated heterocycles. The van der Waals surface area contributed by atoms with Gasteiger partial charge in [-0.05, 0) is 101 Å². The smallest absolute Gasteiger partial charge is 0.145 e. The summed E-state index contributed by atoms with van der Waals surface area (Å²) in [5.41, 5.74) is 15.8. The lowest BCUT2D eigenvalue weighted by molar-refractivity contribution is 0.670. The second-order valence-electron chi connectivity index (χ2n) is 14.9. The average molecular weight is 727 g/mol. The van der Waals surface area contributed by atoms with Crippen LogP contribution in [0.5, 0.6) is 0 Å². The van der Waals surface area contributed by atoms with Gasteiger partial charge in [0.05, 0.1) is 33.1 Å². The van der Waals surface area contributed by atoms with Crippen LogP contribution in [-0.2, 0) is 0 Å². The van der Waals surface area contributed by atoms with E-state index in [1.54, 1.807) is 0 Å². The lowest BCUT2D eigenvalue weighted by Crippen LogP contribution is -1.95. The molecule has 3 heteroatoms. The van der Waals surface area contributed by atoms with E-state index in [0.717, 1.165) is 49.8 Å². The minimum absolute atomic E-state index is 0.882. The lowest BCUT2D eigenvalue weighted by atomic mass is 9.97. The van der Waals surface area contributed by atoms with Crippen molar-refractivity contribution in [3.05, 3.63) is 206 Å². The van der Waals surface area contributed by atoms with Crippen molar-refractivity contribution >= 4 is 65.6 Å². The predicted octanol–water partition coefficient (Wildman–Crippen LogP) is 14.8. The Kier molecular flexibility index (Phi) is 6.93. The molecule has 9 aromatic carbocycles. The Bertz CT molecular complexity index is 3510. The molecule has 12 aromatic rings. The first-order valence-electron chi connectivity index (χ1n) is 19.5. The highest BCUT2D eigenvalue weighted by Gasteiger charge is 2.21. The van der Waals surface area contributed by atoms with E-state index in [-0.39, 0.29) is 0 Å². The van der Waals surface area contributed by atoms with Gasteiger partial charge in [0.2, 0.25) is 0 Å². The SMILES string of the molecule is c1ccc(-c2cccc(-c3ccc(-n4c5ccccc5c5cc(-c6ccc7c(c6)c6ccccc6n7-c6ccccc6)ccc54)c4c3oc3ccccc34)c2)cc1. The highest BCUT2D eigenvalue weighted by molar-refractivity contribution is 6.17. The highest BCUT2D eigenvalue weighted by atomic mass is 16.3. The minimum atomic E-state index is 0.882. The molecule has 0 spiro atoms. The van der Waals surface area contributed by atoms with Gasteiger partial charge in [0, 0.05) is 38.2 Å². The molecule has 0 radical (unpaired) electrons. The molecule has 12 rings (SSSR count). The number of hydrogen-bond acceptors (Lipinski definition) is 1. The zero-order chi connectivity index (χ0) is 37.5. The van der Waals surface area contributed by atoms with Gasteiger partial charge in [-0.3, -0.25) is 0 Å². The Morgan fingerprint density at radius 1 is 0.316 bits per heavy atom. The highest BCUT2D eigenvalue weighted by Crippen LogP contribution is 2.44. The monoisotopic (exact) mass is 726 g/mol. The molecular weight excluding hydrogens is 693 g/mol. The molecule has 0 atom stereocenters. The van der Waals surface area contributed by atoms with Gasteiger partial charge in [-0.2, -0.15) is 0 Å². The number of fused-ring (bicyclic) bond motifs is 9. The lowest BCUT2D eigenvalue weighted by Gasteiger charge is -2.13. The van der Waals surface area contributed by atoms with Gasteiger partial charge in [0.15, 0.2) is 0 Å². The summed E-state index contributed by atoms with van der Waals surface area (Å²) >= 11 is 0. The van der Waals surface area contributed by atoms with E-state index < -0.39 is 0 Å². The van der Waals surface area contributed by atoms with Crippen LogP contribution in [0.4, 0.5) is 0 Å². The fourth-order valence-electron chi connectivity index (χ4n) is 9.14. The fraction of sp³-hybridized carbons (Fsp3) is 0. The van der Waals surface area contributed by atoms with Crippen molar-refractivity contribution in [2.75, 3.05) is 0 Å². The van der Waals surface area contributed by atoms with E-state index in [1.807, 2.05) is 0 Å². The minimum Gasteiger partial charge on any atom is -0.455 e. The van der Waals surface area contributed by atoms with Crippen LogP contribution in [-0.4, -0.2) is 9.13 Å². The summed E-state index contributed by atoms with van der Waals surface area (Å²) in [6, 6.07) is 74.3. The first kappa shape index (κ1) is 31.7. The van der Waals surface area contributed by atoms with Gasteiger partial charge in [0.25, 0.3) is 0 Å². The number of benzene rings is 9. The van der Waals surface area contributed by atoms with Gasteiger partial charge in [-0.1, -0.05) is 133 Å². The number of para-hydroxylation sites is 4. The quantitative estimate of drug-likeness (QED) is 0.173. The first-order chi connectivity index (χ1) is 28.3. The van der Waals surface area contributed by atoms with Gasteiger partial charge >= 0.3 is 0 Å². The summed E-state index contributed by atoms with van der Waals surface area (Å²) in [6.07, 6.45) is 0. The van der Waals surface area contributed by atoms with Crippen molar-refractivity contribution in [3.63, 3.8) is 0 Å². The summed E-state index contributed by atoms with van der Waals surface area (Å²) in [6.45, 7) is 0. The Morgan fingerprint density at radius 3 is 1.56 bits per heavy atom. The molecule has 3 aromatic heterocycles. The van der Waals surface area contributed by atoms with Gasteiger partial charge in [0.1, 0.15) is 11.2 Å². The van der Waals surface area contributed by atoms with Crippen LogP contribution in [0.15, 0.2) is 211 Å². The summed E-state index contributed by atoms with van der Waals surface area (Å²) in [5.74, 6) is 0. The Morgan fingerprint density at radius 2 is 0.842 bits per heavy atom. The second kappa shape index (κ2) is 12.5. The standard InChI is InChI=1S/C54H34N2O/c1-3-14-35(15-4-1)36-16-13-17-39(32-36)41-28-31-51(53-44-22-9-12-25-52(44)57-54(41)53)56-48-24-11-8-21-43(48)46-34-38(27-30-50(46)56)37-26-29-49-45(33-37)42-20-7-10-23-47(42)55(49)40-18-5-2-6-19-40/h1-34H. The number of aromatic nitrogens is 2. The van der Waals surface area contributed by atoms with Crippen LogP contribution < -0.4 is 0 Å². The topological polar surface area (TPSA) is 23.0 Å². The summed E-state index contributed by atoms with van der Waals surface area (Å²) in [5, 5.41) is 7.15. The number of furan rings is 1. The third-order valence-corrected chi connectivity index (χ3v) is 11.7. The largest absolute Gasteiger partial charge is 0.455 e. The van der Waals surface area contributed by atoms with Crippen LogP contribution in [0.25, 0.3) is 110 Å². The first-order valence-corrected chi connectivity index (χ1v) is 19.5. The van der Waals surface area contributed by atoms with Crippen molar-refractivity contribution < 1.29 is 4.42 Å². The fourth-order valence-corrected chi connectivity index (χ4v) is 9.14. The zero-order valence-corrected chi connectivity index (χ0v) is 30.9. The predicted molar refractivity (Wildman–Crippen MR) is 239 cm³/mol. The third kappa shape index (κ3) is 4.86. The maximum atomic E-state index is 6.80. The molecule has 0 aliphatic carbocycles. The summed E-state index contributed by atoms with van der Waals surface area (Å²) in [7, 11) is 0. The van der Waals surface area contributed by atoms with Crippen LogP contribution in [0.3, 0.4) is 0 Å². The van der Waals surface area contributed by atoms with E-state index in [1.165, 1.54) is 60.5 Å². The van der Waals surface area contributed by atoms with E-state index >= 15 is 0 Å². The van der Waals surface area contributed by atoms with Gasteiger partial charge in [-0.15, -0.1) is 0 Å². The average Bonchev–Trinajstić information content (AvgIpc) is 3.95. The van der Waals surface area contributed by atoms with Crippen molar-refractivity contribution in [1.82, 2.24) is 9.13 Å². The normalized spacial score (nSPS) is 11.9. The third-order valence-electron chi connectivity index (χ3n) is 11.7. The molecule has 0 amide bonds. The number of hydrogen-bond donors (Lipinski definition) is 0. The van der Waals surface area contributed by atoms with Crippen LogP contribution >= 0.6 is 0 Å². The van der Waals surface area contributed by atoms with Crippen molar-refractivity contribution in [2.45, 2.75) is 0 Å². The van der Waals surface area contributed by atoms with Crippen molar-refractivity contribution in [2.24, 2.45) is 0 Å². The van der Waals surface area contributed by atoms with E-state index in [9.17, 15) is 0 Å². The molecule has 0 aliphatic heterocycles. The zero-order valence-electron chi connectivity index (χ0n) is 30.9. The Labute approximate surface area is 328 Å². The van der Waals surface area contributed by atoms with Crippen LogP contribution in [0.2, 0.25) is 0 Å². The maximum absolute atomic E-state index is 6.80. The van der Waals surface area contributed by atoms with Crippen LogP contribution in [0, 0.1) is 0 Å². The van der Waals surface area contributed by atoms with Crippen LogP contribution in [0.1, 0.15) is 0 Å². The molecule has 57 heavy (non-hydrogen) atoms. The summed E-state index contributed by atoms with van der Waals surface area (Å²) < 4.78 is 11.6. The molecule has 0 fully saturated rings. The molecule has 3 heterocycles. The molecular formula is C54H34N2O. The van der Waals surface area contributed by atoms with E-state index in [4.69, 9.17) is 4.42 Å². The van der Waals surface area contributed by atoms with E-state index in [0.29, 0.717) is 0 Å². The number of nitrogens with zero attached hydrogens (tertiary/aromatic N) is 2. The molecule has 0 saturated carbocycles. The molecule has 266 valence electrons. The number of rotatable bonds is 5. The van der Waals surface area contributed by atoms with Crippen molar-refractivity contribution in [3.8, 4) is 44.8 Å². The summed E-state index contributed by atoms with van der Waals surface area (Å²) in [4.78, 5) is 0. The molecule has 3 nitrogen and oxygen atoms in total. The Balaban J connectivity index is 1.06. The Hall–Kier alpha value is -7.62. The maximum Gasteiger partial charge on any atom is 0.145 e. The van der Waals surface area contributed by atoms with Gasteiger partial charge in [-0.25, -0.2) is 0 Å². The molecule has 0 bridgehead atoms. The van der Waals surface area contributed by atoms with E-state index in [2.05, 4.69) is 215 Å². The molecule has 0 unspecified atom stereocenters. The van der Waals surface area contributed by atoms with Gasteiger partial charge < -0.3 is 13.6 Å². The molecule has 0 aliphatic rings.